The maximum absolute atomic E-state index is 12.8. The van der Waals surface area contributed by atoms with Crippen LogP contribution in [0.25, 0.3) is 6.08 Å². The number of hydrogen-bond donors (Lipinski definition) is 1. The average Bonchev–Trinajstić information content (AvgIpc) is 3.11. The molecule has 7 nitrogen and oxygen atoms in total. The summed E-state index contributed by atoms with van der Waals surface area (Å²) in [5.41, 5.74) is 2.07. The average molecular weight is 509 g/mol. The van der Waals surface area contributed by atoms with Crippen molar-refractivity contribution in [3.05, 3.63) is 93.9 Å². The number of halogens is 1. The van der Waals surface area contributed by atoms with Crippen molar-refractivity contribution in [3.8, 4) is 11.5 Å². The third-order valence-corrected chi connectivity index (χ3v) is 6.34. The third kappa shape index (κ3) is 6.03. The van der Waals surface area contributed by atoms with Gasteiger partial charge in [0.1, 0.15) is 13.2 Å². The molecule has 1 aliphatic rings. The number of para-hydroxylation sites is 1. The van der Waals surface area contributed by atoms with Gasteiger partial charge in [-0.15, -0.1) is 0 Å². The van der Waals surface area contributed by atoms with Crippen molar-refractivity contribution < 1.29 is 23.9 Å². The molecule has 0 spiro atoms. The molecule has 0 radical (unpaired) electrons. The minimum atomic E-state index is -0.527. The first-order chi connectivity index (χ1) is 16.9. The number of hydrogen-bond acceptors (Lipinski definition) is 6. The van der Waals surface area contributed by atoms with E-state index in [2.05, 4.69) is 5.32 Å². The highest BCUT2D eigenvalue weighted by Crippen LogP contribution is 2.35. The van der Waals surface area contributed by atoms with Crippen molar-refractivity contribution in [1.29, 1.82) is 0 Å². The van der Waals surface area contributed by atoms with Crippen molar-refractivity contribution in [3.63, 3.8) is 0 Å². The summed E-state index contributed by atoms with van der Waals surface area (Å²) in [4.78, 5) is 38.6. The smallest absolute Gasteiger partial charge is 0.294 e. The topological polar surface area (TPSA) is 84.9 Å². The molecule has 0 aliphatic carbocycles. The highest BCUT2D eigenvalue weighted by atomic mass is 35.5. The number of nitrogens with one attached hydrogen (secondary N) is 1. The van der Waals surface area contributed by atoms with Gasteiger partial charge in [0.2, 0.25) is 5.91 Å². The molecule has 1 saturated heterocycles. The van der Waals surface area contributed by atoms with Gasteiger partial charge in [-0.2, -0.15) is 0 Å². The van der Waals surface area contributed by atoms with Crippen molar-refractivity contribution >= 4 is 52.2 Å². The van der Waals surface area contributed by atoms with Crippen LogP contribution < -0.4 is 14.8 Å². The lowest BCUT2D eigenvalue weighted by molar-refractivity contribution is -0.127. The number of ether oxygens (including phenoxy) is 2. The normalized spacial score (nSPS) is 14.3. The maximum Gasteiger partial charge on any atom is 0.294 e. The van der Waals surface area contributed by atoms with E-state index in [1.807, 2.05) is 24.3 Å². The summed E-state index contributed by atoms with van der Waals surface area (Å²) >= 11 is 6.97. The molecule has 178 valence electrons. The molecule has 35 heavy (non-hydrogen) atoms. The summed E-state index contributed by atoms with van der Waals surface area (Å²) in [6.07, 6.45) is 1.58. The van der Waals surface area contributed by atoms with Crippen LogP contribution in [0.5, 0.6) is 11.5 Å². The van der Waals surface area contributed by atoms with E-state index in [4.69, 9.17) is 21.1 Å². The molecule has 3 aromatic rings. The third-order valence-electron chi connectivity index (χ3n) is 5.06. The zero-order chi connectivity index (χ0) is 24.8. The molecule has 9 heteroatoms. The number of methoxy groups -OCH3 is 1. The molecule has 1 aliphatic heterocycles. The van der Waals surface area contributed by atoms with Gasteiger partial charge in [0.25, 0.3) is 11.1 Å². The van der Waals surface area contributed by atoms with E-state index in [-0.39, 0.29) is 18.1 Å². The molecule has 4 rings (SSSR count). The summed E-state index contributed by atoms with van der Waals surface area (Å²) in [7, 11) is 1.51. The Morgan fingerprint density at radius 3 is 2.51 bits per heavy atom. The van der Waals surface area contributed by atoms with Crippen LogP contribution in [0.3, 0.4) is 0 Å². The molecule has 0 aromatic heterocycles. The summed E-state index contributed by atoms with van der Waals surface area (Å²) < 4.78 is 11.3. The van der Waals surface area contributed by atoms with Crippen LogP contribution in [-0.2, 0) is 16.2 Å². The summed E-state index contributed by atoms with van der Waals surface area (Å²) in [6.45, 7) is -0.103. The largest absolute Gasteiger partial charge is 0.493 e. The maximum atomic E-state index is 12.8. The quantitative estimate of drug-likeness (QED) is 0.398. The second-order valence-corrected chi connectivity index (χ2v) is 8.87. The fourth-order valence-corrected chi connectivity index (χ4v) is 4.35. The molecular formula is C26H21ClN2O5S. The number of thioether (sulfide) groups is 1. The fourth-order valence-electron chi connectivity index (χ4n) is 3.32. The molecular weight excluding hydrogens is 488 g/mol. The van der Waals surface area contributed by atoms with E-state index in [1.165, 1.54) is 7.11 Å². The molecule has 0 saturated carbocycles. The van der Waals surface area contributed by atoms with Gasteiger partial charge in [0, 0.05) is 16.3 Å². The van der Waals surface area contributed by atoms with E-state index in [9.17, 15) is 14.4 Å². The number of amides is 3. The molecule has 0 unspecified atom stereocenters. The van der Waals surface area contributed by atoms with Crippen LogP contribution in [0.4, 0.5) is 10.5 Å². The van der Waals surface area contributed by atoms with Gasteiger partial charge >= 0.3 is 0 Å². The second kappa shape index (κ2) is 11.1. The Hall–Kier alpha value is -3.75. The number of anilines is 1. The molecule has 1 heterocycles. The lowest BCUT2D eigenvalue weighted by Crippen LogP contribution is -2.36. The van der Waals surface area contributed by atoms with Crippen LogP contribution in [0.1, 0.15) is 11.1 Å². The minimum absolute atomic E-state index is 0.217. The Kier molecular flexibility index (Phi) is 7.74. The zero-order valence-corrected chi connectivity index (χ0v) is 20.3. The summed E-state index contributed by atoms with van der Waals surface area (Å²) in [5, 5.41) is 2.77. The Morgan fingerprint density at radius 1 is 1.03 bits per heavy atom. The summed E-state index contributed by atoms with van der Waals surface area (Å²) in [5.74, 6) is -0.00908. The van der Waals surface area contributed by atoms with Gasteiger partial charge in [-0.1, -0.05) is 54.1 Å². The number of carbonyl (C=O) groups is 3. The van der Waals surface area contributed by atoms with E-state index in [1.54, 1.807) is 54.6 Å². The van der Waals surface area contributed by atoms with Gasteiger partial charge in [0.05, 0.1) is 12.0 Å². The number of carbonyl (C=O) groups excluding carboxylic acids is 3. The van der Waals surface area contributed by atoms with Crippen LogP contribution in [0.15, 0.2) is 77.7 Å². The van der Waals surface area contributed by atoms with Crippen molar-refractivity contribution in [2.75, 3.05) is 19.0 Å². The highest BCUT2D eigenvalue weighted by molar-refractivity contribution is 8.18. The SMILES string of the molecule is COc1cc(/C=C2/SC(=O)N(CC(=O)Nc3ccccc3)C2=O)ccc1OCc1ccccc1Cl. The molecule has 0 bridgehead atoms. The first-order valence-electron chi connectivity index (χ1n) is 10.6. The van der Waals surface area contributed by atoms with Gasteiger partial charge in [-0.05, 0) is 53.7 Å². The Bertz CT molecular complexity index is 1300. The summed E-state index contributed by atoms with van der Waals surface area (Å²) in [6, 6.07) is 21.4. The Balaban J connectivity index is 1.44. The van der Waals surface area contributed by atoms with E-state index < -0.39 is 17.1 Å². The number of rotatable bonds is 8. The predicted molar refractivity (Wildman–Crippen MR) is 137 cm³/mol. The van der Waals surface area contributed by atoms with Crippen LogP contribution in [0.2, 0.25) is 5.02 Å². The molecule has 3 amide bonds. The fraction of sp³-hybridized carbons (Fsp3) is 0.115. The van der Waals surface area contributed by atoms with Gasteiger partial charge in [-0.3, -0.25) is 19.3 Å². The molecule has 0 atom stereocenters. The van der Waals surface area contributed by atoms with Crippen LogP contribution in [-0.4, -0.2) is 35.6 Å². The van der Waals surface area contributed by atoms with Crippen LogP contribution >= 0.6 is 23.4 Å². The Morgan fingerprint density at radius 2 is 1.77 bits per heavy atom. The first-order valence-corrected chi connectivity index (χ1v) is 11.8. The van der Waals surface area contributed by atoms with E-state index >= 15 is 0 Å². The molecule has 1 N–H and O–H groups in total. The molecule has 3 aromatic carbocycles. The highest BCUT2D eigenvalue weighted by Gasteiger charge is 2.36. The van der Waals surface area contributed by atoms with Crippen molar-refractivity contribution in [1.82, 2.24) is 4.90 Å². The van der Waals surface area contributed by atoms with Crippen molar-refractivity contribution in [2.24, 2.45) is 0 Å². The second-order valence-electron chi connectivity index (χ2n) is 7.47. The van der Waals surface area contributed by atoms with Gasteiger partial charge in [0.15, 0.2) is 11.5 Å². The van der Waals surface area contributed by atoms with Crippen molar-refractivity contribution in [2.45, 2.75) is 6.61 Å². The number of imide groups is 1. The standard InChI is InChI=1S/C26H21ClN2O5S/c1-33-22-13-17(11-12-21(22)34-16-18-7-5-6-10-20(18)27)14-23-25(31)29(26(32)35-23)15-24(30)28-19-8-3-2-4-9-19/h2-14H,15-16H2,1H3,(H,28,30)/b23-14+. The predicted octanol–water partition coefficient (Wildman–Crippen LogP) is 5.60. The number of benzene rings is 3. The first kappa shape index (κ1) is 24.4. The lowest BCUT2D eigenvalue weighted by Gasteiger charge is -2.13. The van der Waals surface area contributed by atoms with Gasteiger partial charge in [-0.25, -0.2) is 0 Å². The lowest BCUT2D eigenvalue weighted by atomic mass is 10.1. The number of nitrogens with zero attached hydrogens (tertiary/aromatic N) is 1. The van der Waals surface area contributed by atoms with Crippen LogP contribution in [0, 0.1) is 0 Å². The van der Waals surface area contributed by atoms with Gasteiger partial charge < -0.3 is 14.8 Å². The Labute approximate surface area is 211 Å². The van der Waals surface area contributed by atoms with E-state index in [0.29, 0.717) is 27.8 Å². The van der Waals surface area contributed by atoms with E-state index in [0.717, 1.165) is 22.2 Å². The molecule has 1 fully saturated rings. The minimum Gasteiger partial charge on any atom is -0.493 e. The zero-order valence-electron chi connectivity index (χ0n) is 18.7. The monoisotopic (exact) mass is 508 g/mol.